The fourth-order valence-electron chi connectivity index (χ4n) is 1.64. The number of nitrogens with two attached hydrogens (primary N) is 1. The Morgan fingerprint density at radius 2 is 2.26 bits per heavy atom. The molecule has 1 atom stereocenters. The number of nitrogens with zero attached hydrogens (tertiary/aromatic N) is 2. The number of aromatic hydroxyl groups is 1. The molecule has 1 heterocycles. The fourth-order valence-corrected chi connectivity index (χ4v) is 1.64. The third kappa shape index (κ3) is 3.23. The number of rotatable bonds is 5. The highest BCUT2D eigenvalue weighted by Crippen LogP contribution is 2.30. The van der Waals surface area contributed by atoms with Crippen LogP contribution in [0.15, 0.2) is 22.7 Å². The molecule has 2 aromatic rings. The molecule has 0 aliphatic rings. The topological polar surface area (TPSA) is 94.4 Å². The van der Waals surface area contributed by atoms with Crippen LogP contribution in [0.5, 0.6) is 11.5 Å². The number of phenols is 1. The van der Waals surface area contributed by atoms with Gasteiger partial charge < -0.3 is 20.1 Å². The lowest BCUT2D eigenvalue weighted by Gasteiger charge is -2.03. The van der Waals surface area contributed by atoms with Gasteiger partial charge in [0.15, 0.2) is 11.5 Å². The van der Waals surface area contributed by atoms with Crippen molar-refractivity contribution in [2.75, 3.05) is 7.11 Å². The van der Waals surface area contributed by atoms with E-state index in [0.717, 1.165) is 12.0 Å². The van der Waals surface area contributed by atoms with Crippen LogP contribution < -0.4 is 10.5 Å². The molecule has 0 aliphatic carbocycles. The summed E-state index contributed by atoms with van der Waals surface area (Å²) in [4.78, 5) is 4.29. The minimum Gasteiger partial charge on any atom is -0.504 e. The van der Waals surface area contributed by atoms with E-state index in [4.69, 9.17) is 15.0 Å². The lowest BCUT2D eigenvalue weighted by Crippen LogP contribution is -2.15. The van der Waals surface area contributed by atoms with Crippen molar-refractivity contribution in [2.24, 2.45) is 5.73 Å². The van der Waals surface area contributed by atoms with Gasteiger partial charge in [-0.2, -0.15) is 4.98 Å². The molecular weight excluding hydrogens is 246 g/mol. The Balaban J connectivity index is 2.18. The van der Waals surface area contributed by atoms with Gasteiger partial charge in [0.2, 0.25) is 11.7 Å². The predicted molar refractivity (Wildman–Crippen MR) is 69.9 cm³/mol. The van der Waals surface area contributed by atoms with E-state index in [1.807, 2.05) is 6.92 Å². The fraction of sp³-hybridized carbons (Fsp3) is 0.385. The van der Waals surface area contributed by atoms with Gasteiger partial charge in [-0.15, -0.1) is 0 Å². The van der Waals surface area contributed by atoms with Gasteiger partial charge in [0, 0.05) is 18.0 Å². The SMILES string of the molecule is COc1cc(-c2noc(CCC(C)N)n2)ccc1O. The number of aryl methyl sites for hydroxylation is 1. The second-order valence-electron chi connectivity index (χ2n) is 4.41. The number of hydrogen-bond donors (Lipinski definition) is 2. The van der Waals surface area contributed by atoms with Crippen LogP contribution in [0.1, 0.15) is 19.2 Å². The standard InChI is InChI=1S/C13H17N3O3/c1-8(14)3-6-12-15-13(16-19-12)9-4-5-10(17)11(7-9)18-2/h4-5,7-8,17H,3,6,14H2,1-2H3. The third-order valence-electron chi connectivity index (χ3n) is 2.72. The van der Waals surface area contributed by atoms with Crippen molar-refractivity contribution in [1.82, 2.24) is 10.1 Å². The number of benzene rings is 1. The van der Waals surface area contributed by atoms with E-state index in [9.17, 15) is 5.11 Å². The molecule has 0 bridgehead atoms. The summed E-state index contributed by atoms with van der Waals surface area (Å²) in [5, 5.41) is 13.4. The Morgan fingerprint density at radius 1 is 1.47 bits per heavy atom. The molecule has 102 valence electrons. The van der Waals surface area contributed by atoms with Crippen LogP contribution in [0.2, 0.25) is 0 Å². The first kappa shape index (κ1) is 13.4. The van der Waals surface area contributed by atoms with E-state index in [0.29, 0.717) is 23.9 Å². The first-order chi connectivity index (χ1) is 9.10. The Bertz CT molecular complexity index is 552. The second-order valence-corrected chi connectivity index (χ2v) is 4.41. The maximum Gasteiger partial charge on any atom is 0.227 e. The first-order valence-electron chi connectivity index (χ1n) is 6.05. The lowest BCUT2D eigenvalue weighted by molar-refractivity contribution is 0.371. The molecular formula is C13H17N3O3. The summed E-state index contributed by atoms with van der Waals surface area (Å²) >= 11 is 0. The molecule has 6 heteroatoms. The molecule has 0 saturated heterocycles. The molecule has 1 unspecified atom stereocenters. The average Bonchev–Trinajstić information content (AvgIpc) is 2.86. The summed E-state index contributed by atoms with van der Waals surface area (Å²) in [7, 11) is 1.49. The smallest absolute Gasteiger partial charge is 0.227 e. The van der Waals surface area contributed by atoms with E-state index >= 15 is 0 Å². The summed E-state index contributed by atoms with van der Waals surface area (Å²) in [6.07, 6.45) is 1.44. The van der Waals surface area contributed by atoms with Gasteiger partial charge in [0.1, 0.15) is 0 Å². The highest BCUT2D eigenvalue weighted by Gasteiger charge is 2.11. The van der Waals surface area contributed by atoms with Gasteiger partial charge in [-0.3, -0.25) is 0 Å². The normalized spacial score (nSPS) is 12.4. The molecule has 6 nitrogen and oxygen atoms in total. The number of hydrogen-bond acceptors (Lipinski definition) is 6. The predicted octanol–water partition coefficient (Wildman–Crippen LogP) is 1.73. The van der Waals surface area contributed by atoms with Crippen LogP contribution in [0.25, 0.3) is 11.4 Å². The summed E-state index contributed by atoms with van der Waals surface area (Å²) < 4.78 is 10.2. The van der Waals surface area contributed by atoms with Crippen LogP contribution in [0.3, 0.4) is 0 Å². The first-order valence-corrected chi connectivity index (χ1v) is 6.05. The number of methoxy groups -OCH3 is 1. The monoisotopic (exact) mass is 263 g/mol. The molecule has 0 amide bonds. The molecule has 0 fully saturated rings. The maximum absolute atomic E-state index is 9.53. The van der Waals surface area contributed by atoms with Crippen molar-refractivity contribution >= 4 is 0 Å². The molecule has 3 N–H and O–H groups in total. The van der Waals surface area contributed by atoms with Crippen molar-refractivity contribution in [3.05, 3.63) is 24.1 Å². The molecule has 19 heavy (non-hydrogen) atoms. The number of phenolic OH excluding ortho intramolecular Hbond substituents is 1. The van der Waals surface area contributed by atoms with Crippen LogP contribution in [0.4, 0.5) is 0 Å². The highest BCUT2D eigenvalue weighted by molar-refractivity contribution is 5.60. The van der Waals surface area contributed by atoms with Crippen molar-refractivity contribution in [2.45, 2.75) is 25.8 Å². The molecule has 2 rings (SSSR count). The van der Waals surface area contributed by atoms with Gasteiger partial charge in [-0.1, -0.05) is 5.16 Å². The van der Waals surface area contributed by atoms with Crippen LogP contribution >= 0.6 is 0 Å². The average molecular weight is 263 g/mol. The van der Waals surface area contributed by atoms with Crippen molar-refractivity contribution in [1.29, 1.82) is 0 Å². The van der Waals surface area contributed by atoms with Gasteiger partial charge in [-0.25, -0.2) is 0 Å². The second kappa shape index (κ2) is 5.71. The summed E-state index contributed by atoms with van der Waals surface area (Å²) in [6, 6.07) is 5.00. The zero-order chi connectivity index (χ0) is 13.8. The van der Waals surface area contributed by atoms with E-state index < -0.39 is 0 Å². The highest BCUT2D eigenvalue weighted by atomic mass is 16.5. The Kier molecular flexibility index (Phi) is 4.01. The van der Waals surface area contributed by atoms with Crippen LogP contribution in [0, 0.1) is 0 Å². The van der Waals surface area contributed by atoms with Gasteiger partial charge >= 0.3 is 0 Å². The molecule has 1 aromatic carbocycles. The van der Waals surface area contributed by atoms with E-state index in [1.54, 1.807) is 12.1 Å². The maximum atomic E-state index is 9.53. The zero-order valence-corrected chi connectivity index (χ0v) is 11.0. The van der Waals surface area contributed by atoms with E-state index in [-0.39, 0.29) is 11.8 Å². The lowest BCUT2D eigenvalue weighted by atomic mass is 10.2. The largest absolute Gasteiger partial charge is 0.504 e. The quantitative estimate of drug-likeness (QED) is 0.853. The zero-order valence-electron chi connectivity index (χ0n) is 11.0. The Hall–Kier alpha value is -2.08. The molecule has 0 saturated carbocycles. The minimum absolute atomic E-state index is 0.0759. The number of ether oxygens (including phenoxy) is 1. The Labute approximate surface area is 111 Å². The van der Waals surface area contributed by atoms with Crippen LogP contribution in [-0.2, 0) is 6.42 Å². The molecule has 0 aliphatic heterocycles. The summed E-state index contributed by atoms with van der Waals surface area (Å²) in [5.41, 5.74) is 6.41. The van der Waals surface area contributed by atoms with E-state index in [1.165, 1.54) is 13.2 Å². The molecule has 0 spiro atoms. The Morgan fingerprint density at radius 3 is 2.95 bits per heavy atom. The summed E-state index contributed by atoms with van der Waals surface area (Å²) in [5.74, 6) is 1.48. The van der Waals surface area contributed by atoms with Gasteiger partial charge in [0.25, 0.3) is 0 Å². The van der Waals surface area contributed by atoms with Crippen molar-refractivity contribution in [3.63, 3.8) is 0 Å². The van der Waals surface area contributed by atoms with Gasteiger partial charge in [-0.05, 0) is 31.5 Å². The van der Waals surface area contributed by atoms with E-state index in [2.05, 4.69) is 10.1 Å². The van der Waals surface area contributed by atoms with Crippen molar-refractivity contribution in [3.8, 4) is 22.9 Å². The third-order valence-corrected chi connectivity index (χ3v) is 2.72. The van der Waals surface area contributed by atoms with Crippen LogP contribution in [-0.4, -0.2) is 28.4 Å². The minimum atomic E-state index is 0.0759. The molecule has 1 aromatic heterocycles. The molecule has 0 radical (unpaired) electrons. The number of aromatic nitrogens is 2. The van der Waals surface area contributed by atoms with Crippen molar-refractivity contribution < 1.29 is 14.4 Å². The summed E-state index contributed by atoms with van der Waals surface area (Å²) in [6.45, 7) is 1.93. The van der Waals surface area contributed by atoms with Gasteiger partial charge in [0.05, 0.1) is 7.11 Å².